The average Bonchev–Trinajstić information content (AvgIpc) is 3.13. The minimum Gasteiger partial charge on any atom is -0.468 e. The first-order valence-corrected chi connectivity index (χ1v) is 13.1. The Morgan fingerprint density at radius 1 is 1.08 bits per heavy atom. The maximum Gasteiger partial charge on any atom is 0.337 e. The highest BCUT2D eigenvalue weighted by Crippen LogP contribution is 2.46. The second kappa shape index (κ2) is 11.8. The molecule has 3 heterocycles. The fourth-order valence-corrected chi connectivity index (χ4v) is 6.03. The van der Waals surface area contributed by atoms with Crippen molar-refractivity contribution in [1.29, 1.82) is 0 Å². The molecule has 13 nitrogen and oxygen atoms in total. The molecule has 4 aliphatic rings. The molecule has 1 aliphatic carbocycles. The lowest BCUT2D eigenvalue weighted by Gasteiger charge is -2.42. The monoisotopic (exact) mass is 558 g/mol. The van der Waals surface area contributed by atoms with Gasteiger partial charge in [0.05, 0.1) is 44.2 Å². The molecule has 3 fully saturated rings. The molecule has 0 spiro atoms. The Labute approximate surface area is 225 Å². The van der Waals surface area contributed by atoms with Crippen LogP contribution in [0.3, 0.4) is 0 Å². The van der Waals surface area contributed by atoms with E-state index in [1.807, 2.05) is 6.92 Å². The number of ether oxygens (including phenoxy) is 5. The standard InChI is InChI=1S/C26H38O13/c1-4-13-14-6-19(29)35-10-16-11(2)5-18(28)26(16,34)12(3)8-36-23(33)15(14)9-37-24(13)39-25-22(32)21(31)20(30)17(7-27)38-25/h4,9,11-12,14,16-18,20-22,24-25,27-28,30-32,34H,5-8,10H2,1-3H3/b13-4-. The molecular formula is C26H38O13. The van der Waals surface area contributed by atoms with Crippen LogP contribution in [0.15, 0.2) is 23.5 Å². The Hall–Kier alpha value is -2.10. The molecule has 12 atom stereocenters. The number of cyclic esters (lactones) is 2. The minimum atomic E-state index is -1.69. The SMILES string of the molecule is C/C=C1\C(OC2OC(CO)C(O)C(O)C2O)OC=C2C(=O)OCC(C)C3(O)C(O)CC(C)C3COC(=O)CC21. The van der Waals surface area contributed by atoms with E-state index < -0.39 is 85.0 Å². The molecule has 1 saturated carbocycles. The highest BCUT2D eigenvalue weighted by Gasteiger charge is 2.56. The Kier molecular flexibility index (Phi) is 9.03. The summed E-state index contributed by atoms with van der Waals surface area (Å²) >= 11 is 0. The Morgan fingerprint density at radius 2 is 1.79 bits per heavy atom. The number of esters is 2. The summed E-state index contributed by atoms with van der Waals surface area (Å²) in [6.07, 6.45) is -7.38. The van der Waals surface area contributed by atoms with Gasteiger partial charge in [0, 0.05) is 23.3 Å². The summed E-state index contributed by atoms with van der Waals surface area (Å²) in [5.41, 5.74) is -1.32. The molecule has 0 bridgehead atoms. The predicted molar refractivity (Wildman–Crippen MR) is 129 cm³/mol. The van der Waals surface area contributed by atoms with Gasteiger partial charge in [0.1, 0.15) is 30.0 Å². The van der Waals surface area contributed by atoms with Crippen LogP contribution >= 0.6 is 0 Å². The van der Waals surface area contributed by atoms with E-state index in [0.717, 1.165) is 6.26 Å². The molecule has 3 aliphatic heterocycles. The van der Waals surface area contributed by atoms with E-state index in [2.05, 4.69) is 0 Å². The van der Waals surface area contributed by atoms with Crippen molar-refractivity contribution >= 4 is 11.9 Å². The normalized spacial score (nSPS) is 46.5. The molecule has 6 N–H and O–H groups in total. The van der Waals surface area contributed by atoms with Crippen molar-refractivity contribution in [2.75, 3.05) is 19.8 Å². The molecule has 2 saturated heterocycles. The first kappa shape index (κ1) is 29.9. The van der Waals surface area contributed by atoms with Crippen LogP contribution in [-0.2, 0) is 33.3 Å². The van der Waals surface area contributed by atoms with Crippen molar-refractivity contribution in [1.82, 2.24) is 0 Å². The molecule has 0 aromatic rings. The molecule has 39 heavy (non-hydrogen) atoms. The zero-order valence-corrected chi connectivity index (χ0v) is 22.1. The number of fused-ring (bicyclic) bond motifs is 2. The number of carbonyl (C=O) groups excluding carboxylic acids is 2. The number of aliphatic hydroxyl groups is 6. The fraction of sp³-hybridized carbons (Fsp3) is 0.769. The van der Waals surface area contributed by atoms with E-state index in [9.17, 15) is 40.2 Å². The third-order valence-electron chi connectivity index (χ3n) is 8.50. The van der Waals surface area contributed by atoms with Crippen molar-refractivity contribution < 1.29 is 63.9 Å². The van der Waals surface area contributed by atoms with Gasteiger partial charge in [-0.25, -0.2) is 4.79 Å². The number of hydrogen-bond acceptors (Lipinski definition) is 13. The summed E-state index contributed by atoms with van der Waals surface area (Å²) in [6.45, 7) is 4.14. The smallest absolute Gasteiger partial charge is 0.337 e. The number of rotatable bonds is 3. The summed E-state index contributed by atoms with van der Waals surface area (Å²) < 4.78 is 27.8. The summed E-state index contributed by atoms with van der Waals surface area (Å²) in [7, 11) is 0. The van der Waals surface area contributed by atoms with Gasteiger partial charge in [0.2, 0.25) is 6.29 Å². The largest absolute Gasteiger partial charge is 0.468 e. The van der Waals surface area contributed by atoms with E-state index in [4.69, 9.17) is 23.7 Å². The van der Waals surface area contributed by atoms with Crippen molar-refractivity contribution in [3.8, 4) is 0 Å². The van der Waals surface area contributed by atoms with Crippen LogP contribution < -0.4 is 0 Å². The Morgan fingerprint density at radius 3 is 2.46 bits per heavy atom. The van der Waals surface area contributed by atoms with Crippen LogP contribution in [0.4, 0.5) is 0 Å². The van der Waals surface area contributed by atoms with Crippen LogP contribution in [0.5, 0.6) is 0 Å². The molecule has 4 rings (SSSR count). The number of carbonyl (C=O) groups is 2. The van der Waals surface area contributed by atoms with E-state index >= 15 is 0 Å². The Balaban J connectivity index is 1.58. The van der Waals surface area contributed by atoms with Crippen LogP contribution in [-0.4, -0.2) is 111 Å². The lowest BCUT2D eigenvalue weighted by molar-refractivity contribution is -0.327. The summed E-state index contributed by atoms with van der Waals surface area (Å²) in [5, 5.41) is 62.0. The van der Waals surface area contributed by atoms with Gasteiger partial charge >= 0.3 is 11.9 Å². The quantitative estimate of drug-likeness (QED) is 0.172. The predicted octanol–water partition coefficient (Wildman–Crippen LogP) is -1.52. The van der Waals surface area contributed by atoms with Gasteiger partial charge in [0.15, 0.2) is 6.29 Å². The van der Waals surface area contributed by atoms with Gasteiger partial charge < -0.3 is 54.3 Å². The molecule has 12 unspecified atom stereocenters. The Bertz CT molecular complexity index is 979. The lowest BCUT2D eigenvalue weighted by Crippen LogP contribution is -2.60. The summed E-state index contributed by atoms with van der Waals surface area (Å²) in [5.74, 6) is -3.77. The van der Waals surface area contributed by atoms with Gasteiger partial charge in [-0.2, -0.15) is 0 Å². The van der Waals surface area contributed by atoms with E-state index in [0.29, 0.717) is 12.0 Å². The van der Waals surface area contributed by atoms with Crippen LogP contribution in [0.1, 0.15) is 33.6 Å². The first-order chi connectivity index (χ1) is 18.4. The topological polar surface area (TPSA) is 202 Å². The van der Waals surface area contributed by atoms with E-state index in [1.165, 1.54) is 0 Å². The molecule has 0 aromatic heterocycles. The molecule has 220 valence electrons. The zero-order chi connectivity index (χ0) is 28.6. The van der Waals surface area contributed by atoms with Gasteiger partial charge in [-0.15, -0.1) is 0 Å². The molecule has 0 aromatic carbocycles. The van der Waals surface area contributed by atoms with E-state index in [-0.39, 0.29) is 31.1 Å². The highest BCUT2D eigenvalue weighted by molar-refractivity contribution is 5.91. The number of hydrogen-bond donors (Lipinski definition) is 6. The maximum atomic E-state index is 13.1. The lowest BCUT2D eigenvalue weighted by atomic mass is 9.77. The number of aliphatic hydroxyl groups excluding tert-OH is 5. The highest BCUT2D eigenvalue weighted by atomic mass is 16.8. The molecule has 13 heteroatoms. The van der Waals surface area contributed by atoms with Crippen LogP contribution in [0, 0.1) is 23.7 Å². The van der Waals surface area contributed by atoms with Gasteiger partial charge in [0.25, 0.3) is 0 Å². The summed E-state index contributed by atoms with van der Waals surface area (Å²) in [6, 6.07) is 0. The number of allylic oxidation sites excluding steroid dienone is 1. The minimum absolute atomic E-state index is 0.00893. The van der Waals surface area contributed by atoms with Gasteiger partial charge in [-0.05, 0) is 19.3 Å². The zero-order valence-electron chi connectivity index (χ0n) is 22.1. The van der Waals surface area contributed by atoms with E-state index in [1.54, 1.807) is 19.9 Å². The van der Waals surface area contributed by atoms with Crippen molar-refractivity contribution in [3.05, 3.63) is 23.5 Å². The third-order valence-corrected chi connectivity index (χ3v) is 8.50. The van der Waals surface area contributed by atoms with Crippen molar-refractivity contribution in [2.24, 2.45) is 23.7 Å². The van der Waals surface area contributed by atoms with Crippen LogP contribution in [0.2, 0.25) is 0 Å². The maximum absolute atomic E-state index is 13.1. The van der Waals surface area contributed by atoms with Crippen molar-refractivity contribution in [3.63, 3.8) is 0 Å². The second-order valence-corrected chi connectivity index (χ2v) is 10.8. The van der Waals surface area contributed by atoms with Gasteiger partial charge in [-0.1, -0.05) is 19.9 Å². The molecule has 0 amide bonds. The van der Waals surface area contributed by atoms with Gasteiger partial charge in [-0.3, -0.25) is 4.79 Å². The second-order valence-electron chi connectivity index (χ2n) is 10.8. The fourth-order valence-electron chi connectivity index (χ4n) is 6.03. The van der Waals surface area contributed by atoms with Crippen molar-refractivity contribution in [2.45, 2.75) is 82.3 Å². The van der Waals surface area contributed by atoms with Crippen LogP contribution in [0.25, 0.3) is 0 Å². The molecular weight excluding hydrogens is 520 g/mol. The summed E-state index contributed by atoms with van der Waals surface area (Å²) in [4.78, 5) is 26.1. The third kappa shape index (κ3) is 5.46. The first-order valence-electron chi connectivity index (χ1n) is 13.1. The molecule has 0 radical (unpaired) electrons. The average molecular weight is 559 g/mol.